The van der Waals surface area contributed by atoms with Gasteiger partial charge >= 0.3 is 5.97 Å². The first kappa shape index (κ1) is 11.1. The molecule has 0 radical (unpaired) electrons. The van der Waals surface area contributed by atoms with Crippen LogP contribution in [0.4, 0.5) is 4.39 Å². The fourth-order valence-corrected chi connectivity index (χ4v) is 2.67. The van der Waals surface area contributed by atoms with E-state index in [1.54, 1.807) is 0 Å². The third kappa shape index (κ3) is 1.60. The Morgan fingerprint density at radius 2 is 2.19 bits per heavy atom. The summed E-state index contributed by atoms with van der Waals surface area (Å²) in [6, 6.07) is 7.52. The van der Waals surface area contributed by atoms with E-state index in [4.69, 9.17) is 0 Å². The lowest BCUT2D eigenvalue weighted by atomic mass is 9.68. The van der Waals surface area contributed by atoms with E-state index in [-0.39, 0.29) is 6.42 Å². The van der Waals surface area contributed by atoms with Crippen LogP contribution in [0.5, 0.6) is 0 Å². The minimum absolute atomic E-state index is 0.0827. The molecule has 86 valence electrons. The average Bonchev–Trinajstić information content (AvgIpc) is 2.29. The number of fused-ring (bicyclic) bond motifs is 1. The van der Waals surface area contributed by atoms with E-state index in [9.17, 15) is 14.3 Å². The first-order valence-corrected chi connectivity index (χ1v) is 5.58. The first-order valence-electron chi connectivity index (χ1n) is 5.58. The molecule has 0 aromatic heterocycles. The van der Waals surface area contributed by atoms with Gasteiger partial charge < -0.3 is 5.11 Å². The molecule has 0 aliphatic heterocycles. The molecule has 1 aromatic carbocycles. The normalized spacial score (nSPS) is 23.8. The second-order valence-corrected chi connectivity index (χ2v) is 4.34. The maximum atomic E-state index is 12.6. The number of carboxylic acid groups (broad SMARTS) is 1. The number of hydrogen-bond acceptors (Lipinski definition) is 1. The molecule has 1 unspecified atom stereocenters. The number of hydrogen-bond donors (Lipinski definition) is 1. The second kappa shape index (κ2) is 4.24. The second-order valence-electron chi connectivity index (χ2n) is 4.34. The predicted molar refractivity (Wildman–Crippen MR) is 59.3 cm³/mol. The molecule has 2 rings (SSSR count). The zero-order chi connectivity index (χ0) is 11.6. The molecule has 0 bridgehead atoms. The molecule has 2 nitrogen and oxygen atoms in total. The van der Waals surface area contributed by atoms with Gasteiger partial charge in [0.1, 0.15) is 0 Å². The smallest absolute Gasteiger partial charge is 0.314 e. The van der Waals surface area contributed by atoms with Gasteiger partial charge in [0.05, 0.1) is 12.1 Å². The van der Waals surface area contributed by atoms with Crippen LogP contribution in [0.1, 0.15) is 30.4 Å². The summed E-state index contributed by atoms with van der Waals surface area (Å²) in [4.78, 5) is 11.5. The van der Waals surface area contributed by atoms with Crippen LogP contribution in [0.2, 0.25) is 0 Å². The molecule has 16 heavy (non-hydrogen) atoms. The summed E-state index contributed by atoms with van der Waals surface area (Å²) in [5, 5.41) is 9.40. The number of benzene rings is 1. The molecule has 0 saturated carbocycles. The third-order valence-electron chi connectivity index (χ3n) is 3.51. The molecule has 1 atom stereocenters. The van der Waals surface area contributed by atoms with Crippen molar-refractivity contribution in [3.05, 3.63) is 35.4 Å². The number of aryl methyl sites for hydroxylation is 1. The van der Waals surface area contributed by atoms with Gasteiger partial charge in [0, 0.05) is 0 Å². The van der Waals surface area contributed by atoms with Crippen molar-refractivity contribution in [1.82, 2.24) is 0 Å². The molecule has 1 N–H and O–H groups in total. The monoisotopic (exact) mass is 222 g/mol. The van der Waals surface area contributed by atoms with Crippen LogP contribution in [0.3, 0.4) is 0 Å². The Labute approximate surface area is 94.1 Å². The summed E-state index contributed by atoms with van der Waals surface area (Å²) in [7, 11) is 0. The van der Waals surface area contributed by atoms with Gasteiger partial charge in [-0.05, 0) is 36.8 Å². The van der Waals surface area contributed by atoms with E-state index in [1.807, 2.05) is 24.3 Å². The van der Waals surface area contributed by atoms with Gasteiger partial charge in [0.25, 0.3) is 0 Å². The molecule has 0 fully saturated rings. The van der Waals surface area contributed by atoms with Gasteiger partial charge in [0.2, 0.25) is 0 Å². The van der Waals surface area contributed by atoms with Crippen LogP contribution in [0, 0.1) is 0 Å². The number of aliphatic carboxylic acids is 1. The van der Waals surface area contributed by atoms with Crippen molar-refractivity contribution in [2.45, 2.75) is 31.1 Å². The molecule has 0 spiro atoms. The topological polar surface area (TPSA) is 37.3 Å². The average molecular weight is 222 g/mol. The number of rotatable bonds is 3. The lowest BCUT2D eigenvalue weighted by molar-refractivity contribution is -0.145. The Balaban J connectivity index is 2.52. The summed E-state index contributed by atoms with van der Waals surface area (Å²) in [5.74, 6) is -0.891. The fraction of sp³-hybridized carbons (Fsp3) is 0.462. The van der Waals surface area contributed by atoms with Gasteiger partial charge in [0.15, 0.2) is 0 Å². The summed E-state index contributed by atoms with van der Waals surface area (Å²) >= 11 is 0. The summed E-state index contributed by atoms with van der Waals surface area (Å²) in [6.45, 7) is -0.583. The largest absolute Gasteiger partial charge is 0.481 e. The summed E-state index contributed by atoms with van der Waals surface area (Å²) in [5.41, 5.74) is 0.875. The van der Waals surface area contributed by atoms with E-state index in [0.717, 1.165) is 24.0 Å². The number of carboxylic acids is 1. The lowest BCUT2D eigenvalue weighted by Crippen LogP contribution is -2.39. The van der Waals surface area contributed by atoms with Crippen molar-refractivity contribution in [3.63, 3.8) is 0 Å². The van der Waals surface area contributed by atoms with Gasteiger partial charge in [-0.15, -0.1) is 0 Å². The van der Waals surface area contributed by atoms with Crippen molar-refractivity contribution >= 4 is 5.97 Å². The Morgan fingerprint density at radius 3 is 2.88 bits per heavy atom. The highest BCUT2D eigenvalue weighted by Gasteiger charge is 2.42. The fourth-order valence-electron chi connectivity index (χ4n) is 2.67. The molecule has 1 aromatic rings. The minimum Gasteiger partial charge on any atom is -0.481 e. The van der Waals surface area contributed by atoms with E-state index in [1.165, 1.54) is 0 Å². The van der Waals surface area contributed by atoms with Crippen LogP contribution in [0.25, 0.3) is 0 Å². The van der Waals surface area contributed by atoms with Crippen molar-refractivity contribution in [1.29, 1.82) is 0 Å². The lowest BCUT2D eigenvalue weighted by Gasteiger charge is -2.34. The predicted octanol–water partition coefficient (Wildman–Crippen LogP) is 2.70. The van der Waals surface area contributed by atoms with Gasteiger partial charge in [-0.3, -0.25) is 9.18 Å². The molecule has 1 aliphatic carbocycles. The SMILES string of the molecule is O=C(O)C1(CCF)CCCc2ccccc21. The minimum atomic E-state index is -0.996. The Morgan fingerprint density at radius 1 is 1.44 bits per heavy atom. The molecular formula is C13H15FO2. The van der Waals surface area contributed by atoms with E-state index in [2.05, 4.69) is 0 Å². The highest BCUT2D eigenvalue weighted by atomic mass is 19.1. The zero-order valence-corrected chi connectivity index (χ0v) is 9.08. The van der Waals surface area contributed by atoms with E-state index in [0.29, 0.717) is 6.42 Å². The van der Waals surface area contributed by atoms with Gasteiger partial charge in [-0.1, -0.05) is 24.3 Å². The summed E-state index contributed by atoms with van der Waals surface area (Å²) in [6.07, 6.45) is 2.35. The van der Waals surface area contributed by atoms with Crippen molar-refractivity contribution in [2.75, 3.05) is 6.67 Å². The highest BCUT2D eigenvalue weighted by Crippen LogP contribution is 2.40. The van der Waals surface area contributed by atoms with Crippen LogP contribution in [-0.2, 0) is 16.6 Å². The van der Waals surface area contributed by atoms with E-state index < -0.39 is 18.1 Å². The number of halogens is 1. The van der Waals surface area contributed by atoms with Crippen LogP contribution < -0.4 is 0 Å². The van der Waals surface area contributed by atoms with E-state index >= 15 is 0 Å². The highest BCUT2D eigenvalue weighted by molar-refractivity contribution is 5.82. The Bertz CT molecular complexity index is 403. The van der Waals surface area contributed by atoms with Crippen molar-refractivity contribution in [3.8, 4) is 0 Å². The van der Waals surface area contributed by atoms with Gasteiger partial charge in [-0.25, -0.2) is 0 Å². The van der Waals surface area contributed by atoms with Crippen molar-refractivity contribution < 1.29 is 14.3 Å². The molecule has 0 saturated heterocycles. The molecule has 3 heteroatoms. The number of alkyl halides is 1. The molecular weight excluding hydrogens is 207 g/mol. The molecule has 0 heterocycles. The standard InChI is InChI=1S/C13H15FO2/c14-9-8-13(12(15)16)7-3-5-10-4-1-2-6-11(10)13/h1-2,4,6H,3,5,7-9H2,(H,15,16). The van der Waals surface area contributed by atoms with Crippen LogP contribution >= 0.6 is 0 Å². The zero-order valence-electron chi connectivity index (χ0n) is 9.08. The van der Waals surface area contributed by atoms with Crippen LogP contribution in [0.15, 0.2) is 24.3 Å². The first-order chi connectivity index (χ1) is 7.70. The Hall–Kier alpha value is -1.38. The maximum absolute atomic E-state index is 12.6. The van der Waals surface area contributed by atoms with Crippen LogP contribution in [-0.4, -0.2) is 17.8 Å². The van der Waals surface area contributed by atoms with Crippen molar-refractivity contribution in [2.24, 2.45) is 0 Å². The quantitative estimate of drug-likeness (QED) is 0.853. The van der Waals surface area contributed by atoms with Gasteiger partial charge in [-0.2, -0.15) is 0 Å². The molecule has 1 aliphatic rings. The maximum Gasteiger partial charge on any atom is 0.314 e. The Kier molecular flexibility index (Phi) is 2.95. The third-order valence-corrected chi connectivity index (χ3v) is 3.51. The molecule has 0 amide bonds. The number of carbonyl (C=O) groups is 1. The summed E-state index contributed by atoms with van der Waals surface area (Å²) < 4.78 is 12.6.